The van der Waals surface area contributed by atoms with Gasteiger partial charge in [0.05, 0.1) is 19.3 Å². The largest absolute Gasteiger partial charge is 0.394 e. The van der Waals surface area contributed by atoms with E-state index in [4.69, 9.17) is 17.2 Å². The van der Waals surface area contributed by atoms with Gasteiger partial charge >= 0.3 is 0 Å². The van der Waals surface area contributed by atoms with Crippen molar-refractivity contribution in [3.63, 3.8) is 0 Å². The lowest BCUT2D eigenvalue weighted by Crippen LogP contribution is -2.60. The maximum Gasteiger partial charge on any atom is 0.248 e. The van der Waals surface area contributed by atoms with Gasteiger partial charge in [0, 0.05) is 26.2 Å². The molecule has 2 rings (SSSR count). The molecule has 0 radical (unpaired) electrons. The number of likely N-dealkylation sites (tertiary alicyclic amines) is 2. The van der Waals surface area contributed by atoms with Crippen LogP contribution in [0.4, 0.5) is 0 Å². The Hall–Kier alpha value is -4.03. The fourth-order valence-electron chi connectivity index (χ4n) is 5.76. The molecule has 2 aliphatic rings. The van der Waals surface area contributed by atoms with Crippen LogP contribution in [0, 0.1) is 5.92 Å². The highest BCUT2D eigenvalue weighted by Gasteiger charge is 2.41. The number of nitrogens with one attached hydrogen (secondary N) is 4. The SMILES string of the molecule is CCNC(=O)[C@@H]1CCCN1C(=O)[C@H](CCCN=C(N)N)NC(=O)[C@@H]1CCCN1C(=O)[C@H](CO)NC(=O)[C@H](CO)NC(=O)[C@H](N)[C@@H](C)CC. The van der Waals surface area contributed by atoms with Crippen LogP contribution in [0.25, 0.3) is 0 Å². The Balaban J connectivity index is 2.17. The molecule has 6 amide bonds. The topological polar surface area (TPSA) is 288 Å². The highest BCUT2D eigenvalue weighted by Crippen LogP contribution is 2.22. The molecule has 48 heavy (non-hydrogen) atoms. The first-order chi connectivity index (χ1) is 22.8. The Morgan fingerprint density at radius 1 is 0.812 bits per heavy atom. The molecule has 0 aromatic rings. The van der Waals surface area contributed by atoms with Crippen LogP contribution in [-0.2, 0) is 28.8 Å². The van der Waals surface area contributed by atoms with E-state index in [1.807, 2.05) is 6.92 Å². The zero-order valence-electron chi connectivity index (χ0n) is 28.2. The van der Waals surface area contributed by atoms with E-state index in [1.165, 1.54) is 9.80 Å². The molecule has 2 fully saturated rings. The molecule has 0 unspecified atom stereocenters. The lowest BCUT2D eigenvalue weighted by atomic mass is 9.99. The van der Waals surface area contributed by atoms with Crippen LogP contribution in [0.3, 0.4) is 0 Å². The molecule has 0 aliphatic carbocycles. The lowest BCUT2D eigenvalue weighted by molar-refractivity contribution is -0.145. The monoisotopic (exact) mass is 682 g/mol. The van der Waals surface area contributed by atoms with Crippen LogP contribution >= 0.6 is 0 Å². The average molecular weight is 683 g/mol. The third-order valence-corrected chi connectivity index (χ3v) is 8.76. The number of nitrogens with zero attached hydrogens (tertiary/aromatic N) is 3. The molecule has 0 aromatic carbocycles. The van der Waals surface area contributed by atoms with E-state index in [1.54, 1.807) is 13.8 Å². The van der Waals surface area contributed by atoms with Crippen LogP contribution in [0.2, 0.25) is 0 Å². The van der Waals surface area contributed by atoms with Crippen molar-refractivity contribution in [1.82, 2.24) is 31.1 Å². The minimum absolute atomic E-state index is 0.120. The third-order valence-electron chi connectivity index (χ3n) is 8.76. The average Bonchev–Trinajstić information content (AvgIpc) is 3.76. The van der Waals surface area contributed by atoms with Gasteiger partial charge in [0.25, 0.3) is 0 Å². The quantitative estimate of drug-likeness (QED) is 0.0381. The van der Waals surface area contributed by atoms with Gasteiger partial charge in [0.2, 0.25) is 35.4 Å². The van der Waals surface area contributed by atoms with Gasteiger partial charge in [-0.1, -0.05) is 20.3 Å². The summed E-state index contributed by atoms with van der Waals surface area (Å²) in [5.41, 5.74) is 16.8. The minimum Gasteiger partial charge on any atom is -0.394 e. The van der Waals surface area contributed by atoms with E-state index in [0.29, 0.717) is 45.2 Å². The fraction of sp³-hybridized carbons (Fsp3) is 0.767. The first-order valence-corrected chi connectivity index (χ1v) is 16.6. The summed E-state index contributed by atoms with van der Waals surface area (Å²) in [6.45, 7) is 4.86. The van der Waals surface area contributed by atoms with Crippen molar-refractivity contribution in [3.8, 4) is 0 Å². The Morgan fingerprint density at radius 2 is 1.35 bits per heavy atom. The molecule has 0 saturated carbocycles. The second-order valence-electron chi connectivity index (χ2n) is 12.2. The minimum atomic E-state index is -1.49. The number of carbonyl (C=O) groups is 6. The molecule has 0 bridgehead atoms. The van der Waals surface area contributed by atoms with E-state index in [9.17, 15) is 39.0 Å². The van der Waals surface area contributed by atoms with Crippen molar-refractivity contribution in [2.24, 2.45) is 28.1 Å². The molecule has 18 nitrogen and oxygen atoms in total. The summed E-state index contributed by atoms with van der Waals surface area (Å²) in [7, 11) is 0. The van der Waals surface area contributed by atoms with Gasteiger partial charge in [-0.3, -0.25) is 33.8 Å². The zero-order valence-corrected chi connectivity index (χ0v) is 28.2. The highest BCUT2D eigenvalue weighted by molar-refractivity contribution is 5.97. The number of amides is 6. The first kappa shape index (κ1) is 40.1. The summed E-state index contributed by atoms with van der Waals surface area (Å²) in [5, 5.41) is 30.0. The second kappa shape index (κ2) is 19.7. The van der Waals surface area contributed by atoms with Crippen LogP contribution in [0.15, 0.2) is 4.99 Å². The Labute approximate surface area is 281 Å². The number of aliphatic imine (C=N–C) groups is 1. The number of nitrogens with two attached hydrogens (primary N) is 3. The summed E-state index contributed by atoms with van der Waals surface area (Å²) in [6, 6.07) is -6.58. The van der Waals surface area contributed by atoms with E-state index in [0.717, 1.165) is 0 Å². The maximum atomic E-state index is 13.7. The number of carbonyl (C=O) groups excluding carboxylic acids is 6. The van der Waals surface area contributed by atoms with Crippen molar-refractivity contribution in [2.45, 2.75) is 102 Å². The van der Waals surface area contributed by atoms with Crippen LogP contribution in [0.1, 0.15) is 65.7 Å². The molecular formula is C30H54N10O8. The third kappa shape index (κ3) is 11.0. The maximum absolute atomic E-state index is 13.7. The smallest absolute Gasteiger partial charge is 0.248 e. The second-order valence-corrected chi connectivity index (χ2v) is 12.2. The van der Waals surface area contributed by atoms with Crippen LogP contribution in [-0.4, -0.2) is 137 Å². The molecule has 2 saturated heterocycles. The molecule has 12 N–H and O–H groups in total. The Morgan fingerprint density at radius 3 is 1.88 bits per heavy atom. The van der Waals surface area contributed by atoms with Gasteiger partial charge in [0.1, 0.15) is 30.2 Å². The van der Waals surface area contributed by atoms with Crippen molar-refractivity contribution in [1.29, 1.82) is 0 Å². The van der Waals surface area contributed by atoms with E-state index in [-0.39, 0.29) is 43.7 Å². The molecule has 272 valence electrons. The van der Waals surface area contributed by atoms with Gasteiger partial charge in [0.15, 0.2) is 5.96 Å². The number of aliphatic hydroxyl groups excluding tert-OH is 2. The predicted molar refractivity (Wildman–Crippen MR) is 175 cm³/mol. The standard InChI is InChI=1S/C30H54N10O8/c1-4-17(3)23(31)27(46)37-19(15-41)24(43)38-20(16-42)29(48)40-14-8-11-22(40)26(45)36-18(9-6-12-35-30(32)33)28(47)39-13-7-10-21(39)25(44)34-5-2/h17-23,41-42H,4-16,31H2,1-3H3,(H,34,44)(H,36,45)(H,37,46)(H,38,43)(H4,32,33,35)/t17-,18-,19-,20-,21-,22-,23+/m0/s1. The molecule has 2 aliphatic heterocycles. The van der Waals surface area contributed by atoms with Gasteiger partial charge < -0.3 is 58.5 Å². The van der Waals surface area contributed by atoms with Crippen molar-refractivity contribution < 1.29 is 39.0 Å². The van der Waals surface area contributed by atoms with Crippen molar-refractivity contribution in [2.75, 3.05) is 39.4 Å². The molecule has 18 heteroatoms. The summed E-state index contributed by atoms with van der Waals surface area (Å²) in [5.74, 6) is -3.98. The molecule has 0 spiro atoms. The summed E-state index contributed by atoms with van der Waals surface area (Å²) in [6.07, 6.45) is 2.90. The molecule has 2 heterocycles. The van der Waals surface area contributed by atoms with Gasteiger partial charge in [-0.15, -0.1) is 0 Å². The lowest BCUT2D eigenvalue weighted by Gasteiger charge is -2.32. The number of rotatable bonds is 18. The molecular weight excluding hydrogens is 628 g/mol. The first-order valence-electron chi connectivity index (χ1n) is 16.6. The number of guanidine groups is 1. The van der Waals surface area contributed by atoms with Crippen molar-refractivity contribution >= 4 is 41.4 Å². The van der Waals surface area contributed by atoms with E-state index in [2.05, 4.69) is 26.3 Å². The fourth-order valence-corrected chi connectivity index (χ4v) is 5.76. The van der Waals surface area contributed by atoms with Gasteiger partial charge in [-0.2, -0.15) is 0 Å². The van der Waals surface area contributed by atoms with E-state index >= 15 is 0 Å². The number of aliphatic hydroxyl groups is 2. The number of likely N-dealkylation sites (N-methyl/N-ethyl adjacent to an activating group) is 1. The molecule has 0 aromatic heterocycles. The summed E-state index contributed by atoms with van der Waals surface area (Å²) in [4.78, 5) is 85.5. The van der Waals surface area contributed by atoms with Crippen molar-refractivity contribution in [3.05, 3.63) is 0 Å². The summed E-state index contributed by atoms with van der Waals surface area (Å²) < 4.78 is 0. The van der Waals surface area contributed by atoms with Crippen LogP contribution in [0.5, 0.6) is 0 Å². The Kier molecular flexibility index (Phi) is 16.5. The van der Waals surface area contributed by atoms with E-state index < -0.39 is 79.0 Å². The number of hydrogen-bond acceptors (Lipinski definition) is 10. The zero-order chi connectivity index (χ0) is 36.0. The predicted octanol–water partition coefficient (Wildman–Crippen LogP) is -4.03. The van der Waals surface area contributed by atoms with Gasteiger partial charge in [-0.25, -0.2) is 0 Å². The Bertz CT molecular complexity index is 1170. The highest BCUT2D eigenvalue weighted by atomic mass is 16.3. The molecule has 7 atom stereocenters. The van der Waals surface area contributed by atoms with Crippen LogP contribution < -0.4 is 38.5 Å². The normalized spacial score (nSPS) is 20.5. The van der Waals surface area contributed by atoms with Gasteiger partial charge in [-0.05, 0) is 51.4 Å². The summed E-state index contributed by atoms with van der Waals surface area (Å²) >= 11 is 0. The number of hydrogen-bond donors (Lipinski definition) is 9.